The van der Waals surface area contributed by atoms with E-state index >= 15 is 0 Å². The summed E-state index contributed by atoms with van der Waals surface area (Å²) >= 11 is 0. The van der Waals surface area contributed by atoms with Gasteiger partial charge in [0.05, 0.1) is 19.7 Å². The van der Waals surface area contributed by atoms with E-state index in [4.69, 9.17) is 9.47 Å². The van der Waals surface area contributed by atoms with E-state index in [9.17, 15) is 14.0 Å². The van der Waals surface area contributed by atoms with E-state index in [1.54, 1.807) is 30.3 Å². The molecule has 0 radical (unpaired) electrons. The van der Waals surface area contributed by atoms with Crippen LogP contribution in [0, 0.1) is 5.82 Å². The Hall–Kier alpha value is -4.47. The van der Waals surface area contributed by atoms with Crippen LogP contribution in [0.5, 0.6) is 11.5 Å². The predicted molar refractivity (Wildman–Crippen MR) is 149 cm³/mol. The first-order valence-electron chi connectivity index (χ1n) is 13.4. The molecule has 1 aliphatic rings. The number of carbonyl (C=O) groups excluding carboxylic acids is 2. The average molecular weight is 546 g/mol. The van der Waals surface area contributed by atoms with Gasteiger partial charge in [-0.05, 0) is 55.3 Å². The number of methoxy groups -OCH3 is 2. The topological polar surface area (TPSA) is 98.6 Å². The Balaban J connectivity index is 1.61. The molecule has 1 aromatic heterocycles. The molecule has 1 saturated carbocycles. The molecule has 1 N–H and O–H groups in total. The number of halogens is 1. The second-order valence-electron chi connectivity index (χ2n) is 9.83. The van der Waals surface area contributed by atoms with Gasteiger partial charge in [-0.25, -0.2) is 9.07 Å². The number of hydrogen-bond donors (Lipinski definition) is 1. The zero-order chi connectivity index (χ0) is 28.1. The van der Waals surface area contributed by atoms with Crippen LogP contribution in [0.15, 0.2) is 66.7 Å². The number of hydrogen-bond acceptors (Lipinski definition) is 6. The number of rotatable bonds is 9. The van der Waals surface area contributed by atoms with E-state index < -0.39 is 17.8 Å². The molecule has 4 aromatic rings. The number of nitrogens with zero attached hydrogens (tertiary/aromatic N) is 4. The van der Waals surface area contributed by atoms with Crippen LogP contribution in [0.3, 0.4) is 0 Å². The number of para-hydroxylation sites is 1. The zero-order valence-corrected chi connectivity index (χ0v) is 22.5. The number of amides is 2. The van der Waals surface area contributed by atoms with Crippen molar-refractivity contribution in [1.82, 2.24) is 20.3 Å². The third-order valence-electron chi connectivity index (χ3n) is 7.25. The largest absolute Gasteiger partial charge is 0.497 e. The maximum absolute atomic E-state index is 14.6. The SMILES string of the molecule is COc1ccc(C(C(=O)NC2CCCCC2)N(C(=O)Cn2nnc3ccccc32)c2cccc(F)c2)c(OC)c1. The third kappa shape index (κ3) is 5.75. The second-order valence-corrected chi connectivity index (χ2v) is 9.83. The van der Waals surface area contributed by atoms with Gasteiger partial charge in [0.25, 0.3) is 0 Å². The molecule has 1 unspecified atom stereocenters. The van der Waals surface area contributed by atoms with Crippen LogP contribution >= 0.6 is 0 Å². The molecule has 3 aromatic carbocycles. The van der Waals surface area contributed by atoms with Crippen molar-refractivity contribution in [2.75, 3.05) is 19.1 Å². The first-order valence-corrected chi connectivity index (χ1v) is 13.4. The molecule has 2 amide bonds. The van der Waals surface area contributed by atoms with Crippen molar-refractivity contribution < 1.29 is 23.5 Å². The minimum Gasteiger partial charge on any atom is -0.497 e. The molecule has 208 valence electrons. The smallest absolute Gasteiger partial charge is 0.249 e. The van der Waals surface area contributed by atoms with Gasteiger partial charge < -0.3 is 14.8 Å². The van der Waals surface area contributed by atoms with Gasteiger partial charge in [-0.15, -0.1) is 5.10 Å². The Morgan fingerprint density at radius 3 is 2.58 bits per heavy atom. The van der Waals surface area contributed by atoms with Crippen molar-refractivity contribution in [3.05, 3.63) is 78.1 Å². The average Bonchev–Trinajstić information content (AvgIpc) is 3.38. The van der Waals surface area contributed by atoms with Crippen LogP contribution in [0.1, 0.15) is 43.7 Å². The molecule has 0 saturated heterocycles. The van der Waals surface area contributed by atoms with E-state index in [-0.39, 0.29) is 24.2 Å². The number of aromatic nitrogens is 3. The van der Waals surface area contributed by atoms with E-state index in [2.05, 4.69) is 15.6 Å². The van der Waals surface area contributed by atoms with Crippen LogP contribution in [0.2, 0.25) is 0 Å². The van der Waals surface area contributed by atoms with Crippen LogP contribution in [0.25, 0.3) is 11.0 Å². The Bertz CT molecular complexity index is 1500. The summed E-state index contributed by atoms with van der Waals surface area (Å²) in [5, 5.41) is 11.5. The van der Waals surface area contributed by atoms with Gasteiger partial charge in [-0.3, -0.25) is 14.5 Å². The Labute approximate surface area is 231 Å². The number of anilines is 1. The Kier molecular flexibility index (Phi) is 8.23. The summed E-state index contributed by atoms with van der Waals surface area (Å²) in [5.74, 6) is -0.484. The maximum atomic E-state index is 14.6. The zero-order valence-electron chi connectivity index (χ0n) is 22.5. The molecule has 1 aliphatic carbocycles. The highest BCUT2D eigenvalue weighted by molar-refractivity contribution is 6.02. The van der Waals surface area contributed by atoms with E-state index in [0.717, 1.165) is 32.1 Å². The molecule has 10 heteroatoms. The molecule has 0 spiro atoms. The fraction of sp³-hybridized carbons (Fsp3) is 0.333. The summed E-state index contributed by atoms with van der Waals surface area (Å²) in [7, 11) is 3.02. The lowest BCUT2D eigenvalue weighted by Gasteiger charge is -2.34. The second kappa shape index (κ2) is 12.1. The fourth-order valence-electron chi connectivity index (χ4n) is 5.27. The number of ether oxygens (including phenoxy) is 2. The van der Waals surface area contributed by atoms with Crippen molar-refractivity contribution in [1.29, 1.82) is 0 Å². The highest BCUT2D eigenvalue weighted by Crippen LogP contribution is 2.36. The molecule has 1 fully saturated rings. The Morgan fingerprint density at radius 1 is 1.02 bits per heavy atom. The predicted octanol–water partition coefficient (Wildman–Crippen LogP) is 4.81. The van der Waals surface area contributed by atoms with Gasteiger partial charge in [0.2, 0.25) is 11.8 Å². The lowest BCUT2D eigenvalue weighted by molar-refractivity contribution is -0.127. The molecule has 40 heavy (non-hydrogen) atoms. The minimum absolute atomic E-state index is 0.0169. The molecular weight excluding hydrogens is 513 g/mol. The highest BCUT2D eigenvalue weighted by Gasteiger charge is 2.36. The van der Waals surface area contributed by atoms with Gasteiger partial charge in [-0.2, -0.15) is 0 Å². The van der Waals surface area contributed by atoms with Crippen molar-refractivity contribution in [3.8, 4) is 11.5 Å². The number of fused-ring (bicyclic) bond motifs is 1. The fourth-order valence-corrected chi connectivity index (χ4v) is 5.27. The molecule has 1 heterocycles. The Morgan fingerprint density at radius 2 is 1.82 bits per heavy atom. The normalized spacial score (nSPS) is 14.5. The van der Waals surface area contributed by atoms with Crippen molar-refractivity contribution in [3.63, 3.8) is 0 Å². The number of carbonyl (C=O) groups is 2. The summed E-state index contributed by atoms with van der Waals surface area (Å²) in [6, 6.07) is 16.8. The molecule has 1 atom stereocenters. The van der Waals surface area contributed by atoms with E-state index in [0.29, 0.717) is 28.1 Å². The summed E-state index contributed by atoms with van der Waals surface area (Å²) in [4.78, 5) is 29.6. The minimum atomic E-state index is -1.16. The quantitative estimate of drug-likeness (QED) is 0.324. The van der Waals surface area contributed by atoms with Gasteiger partial charge in [0, 0.05) is 23.4 Å². The number of benzene rings is 3. The van der Waals surface area contributed by atoms with Gasteiger partial charge in [0.15, 0.2) is 0 Å². The monoisotopic (exact) mass is 545 g/mol. The summed E-state index contributed by atoms with van der Waals surface area (Å²) in [5.41, 5.74) is 1.98. The van der Waals surface area contributed by atoms with Crippen LogP contribution in [-0.2, 0) is 16.1 Å². The lowest BCUT2D eigenvalue weighted by Crippen LogP contribution is -2.48. The molecule has 0 bridgehead atoms. The first kappa shape index (κ1) is 27.1. The summed E-state index contributed by atoms with van der Waals surface area (Å²) in [6.07, 6.45) is 4.89. The van der Waals surface area contributed by atoms with Crippen LogP contribution < -0.4 is 19.7 Å². The van der Waals surface area contributed by atoms with Crippen molar-refractivity contribution in [2.45, 2.75) is 50.7 Å². The number of nitrogens with one attached hydrogen (secondary N) is 1. The first-order chi connectivity index (χ1) is 19.5. The third-order valence-corrected chi connectivity index (χ3v) is 7.25. The van der Waals surface area contributed by atoms with Crippen LogP contribution in [-0.4, -0.2) is 47.1 Å². The summed E-state index contributed by atoms with van der Waals surface area (Å²) in [6.45, 7) is -0.220. The molecular formula is C30H32FN5O4. The van der Waals surface area contributed by atoms with Crippen molar-refractivity contribution in [2.24, 2.45) is 0 Å². The highest BCUT2D eigenvalue weighted by atomic mass is 19.1. The van der Waals surface area contributed by atoms with Gasteiger partial charge in [0.1, 0.15) is 35.4 Å². The van der Waals surface area contributed by atoms with Crippen LogP contribution in [0.4, 0.5) is 10.1 Å². The van der Waals surface area contributed by atoms with Gasteiger partial charge in [-0.1, -0.05) is 42.7 Å². The van der Waals surface area contributed by atoms with Gasteiger partial charge >= 0.3 is 0 Å². The maximum Gasteiger partial charge on any atom is 0.249 e. The standard InChI is InChI=1S/C30H32FN5O4/c1-39-23-15-16-24(27(18-23)40-2)29(30(38)32-21-10-4-3-5-11-21)36(22-12-8-9-20(31)17-22)28(37)19-35-26-14-7-6-13-25(26)33-34-35/h6-9,12-18,21,29H,3-5,10-11,19H2,1-2H3,(H,32,38). The molecule has 0 aliphatic heterocycles. The van der Waals surface area contributed by atoms with E-state index in [1.807, 2.05) is 18.2 Å². The molecule has 9 nitrogen and oxygen atoms in total. The van der Waals surface area contributed by atoms with Crippen molar-refractivity contribution >= 4 is 28.5 Å². The van der Waals surface area contributed by atoms with E-state index in [1.165, 1.54) is 42.0 Å². The summed E-state index contributed by atoms with van der Waals surface area (Å²) < 4.78 is 27.1. The molecule has 5 rings (SSSR count). The lowest BCUT2D eigenvalue weighted by atomic mass is 9.94.